The summed E-state index contributed by atoms with van der Waals surface area (Å²) in [6, 6.07) is 7.00. The van der Waals surface area contributed by atoms with E-state index in [1.165, 1.54) is 13.0 Å². The number of rotatable bonds is 3. The quantitative estimate of drug-likeness (QED) is 0.465. The molecule has 0 saturated heterocycles. The minimum atomic E-state index is -0.388. The predicted octanol–water partition coefficient (Wildman–Crippen LogP) is 2.38. The molecule has 0 aliphatic carbocycles. The van der Waals surface area contributed by atoms with Gasteiger partial charge in [-0.2, -0.15) is 0 Å². The Morgan fingerprint density at radius 2 is 2.00 bits per heavy atom. The number of hydrogen-bond acceptors (Lipinski definition) is 4. The average Bonchev–Trinajstić information content (AvgIpc) is 2.39. The van der Waals surface area contributed by atoms with Crippen LogP contribution < -0.4 is 4.90 Å². The van der Waals surface area contributed by atoms with E-state index >= 15 is 0 Å². The van der Waals surface area contributed by atoms with E-state index in [9.17, 15) is 14.9 Å². The Bertz CT molecular complexity index is 544. The molecule has 5 heteroatoms. The standard InChI is InChI=1S/C13H12N2O3/c1-10(16)11-4-6-12(7-5-11)14-8-2-3-13(9-14)15(17)18/h2-8H,9H2,1H3. The second-order valence-corrected chi connectivity index (χ2v) is 3.99. The molecule has 18 heavy (non-hydrogen) atoms. The average molecular weight is 244 g/mol. The molecular weight excluding hydrogens is 232 g/mol. The summed E-state index contributed by atoms with van der Waals surface area (Å²) in [7, 11) is 0. The summed E-state index contributed by atoms with van der Waals surface area (Å²) in [6.07, 6.45) is 4.90. The largest absolute Gasteiger partial charge is 0.337 e. The number of allylic oxidation sites excluding steroid dienone is 2. The van der Waals surface area contributed by atoms with Gasteiger partial charge < -0.3 is 4.90 Å². The minimum absolute atomic E-state index is 0.00149. The van der Waals surface area contributed by atoms with Crippen molar-refractivity contribution in [1.29, 1.82) is 0 Å². The van der Waals surface area contributed by atoms with E-state index in [0.717, 1.165) is 5.69 Å². The van der Waals surface area contributed by atoms with Crippen LogP contribution in [0.4, 0.5) is 5.69 Å². The van der Waals surface area contributed by atoms with Gasteiger partial charge in [0.2, 0.25) is 0 Å². The lowest BCUT2D eigenvalue weighted by Gasteiger charge is -2.21. The first-order valence-corrected chi connectivity index (χ1v) is 5.47. The molecule has 0 radical (unpaired) electrons. The number of carbonyl (C=O) groups is 1. The Labute approximate surface area is 104 Å². The monoisotopic (exact) mass is 244 g/mol. The number of anilines is 1. The number of ketones is 1. The van der Waals surface area contributed by atoms with Gasteiger partial charge >= 0.3 is 0 Å². The SMILES string of the molecule is CC(=O)c1ccc(N2C=CC=C([N+](=O)[O-])C2)cc1. The van der Waals surface area contributed by atoms with E-state index in [0.29, 0.717) is 5.56 Å². The third-order valence-electron chi connectivity index (χ3n) is 2.73. The van der Waals surface area contributed by atoms with Crippen molar-refractivity contribution in [3.05, 3.63) is 64.0 Å². The summed E-state index contributed by atoms with van der Waals surface area (Å²) in [5.74, 6) is 0.00149. The fourth-order valence-electron chi connectivity index (χ4n) is 1.72. The molecule has 1 aromatic rings. The lowest BCUT2D eigenvalue weighted by atomic mass is 10.1. The van der Waals surface area contributed by atoms with Crippen LogP contribution in [0.2, 0.25) is 0 Å². The van der Waals surface area contributed by atoms with Crippen LogP contribution in [-0.2, 0) is 0 Å². The second kappa shape index (κ2) is 4.83. The van der Waals surface area contributed by atoms with Crippen molar-refractivity contribution in [2.24, 2.45) is 0 Å². The van der Waals surface area contributed by atoms with Gasteiger partial charge in [0, 0.05) is 23.5 Å². The number of nitrogens with zero attached hydrogens (tertiary/aromatic N) is 2. The molecule has 5 nitrogen and oxygen atoms in total. The Morgan fingerprint density at radius 1 is 1.33 bits per heavy atom. The third-order valence-corrected chi connectivity index (χ3v) is 2.73. The summed E-state index contributed by atoms with van der Waals surface area (Å²) < 4.78 is 0. The molecule has 0 N–H and O–H groups in total. The molecule has 0 unspecified atom stereocenters. The number of benzene rings is 1. The first-order chi connectivity index (χ1) is 8.58. The van der Waals surface area contributed by atoms with E-state index in [-0.39, 0.29) is 22.9 Å². The fourth-order valence-corrected chi connectivity index (χ4v) is 1.72. The van der Waals surface area contributed by atoms with Crippen molar-refractivity contribution in [2.75, 3.05) is 11.4 Å². The highest BCUT2D eigenvalue weighted by Crippen LogP contribution is 2.20. The molecule has 0 spiro atoms. The summed E-state index contributed by atoms with van der Waals surface area (Å²) >= 11 is 0. The zero-order valence-electron chi connectivity index (χ0n) is 9.87. The van der Waals surface area contributed by atoms with Crippen LogP contribution in [-0.4, -0.2) is 17.3 Å². The highest BCUT2D eigenvalue weighted by molar-refractivity contribution is 5.94. The van der Waals surface area contributed by atoms with E-state index in [1.807, 2.05) is 0 Å². The maximum absolute atomic E-state index is 11.1. The maximum Gasteiger partial charge on any atom is 0.265 e. The van der Waals surface area contributed by atoms with Crippen LogP contribution in [0.5, 0.6) is 0 Å². The molecule has 0 bridgehead atoms. The fraction of sp³-hybridized carbons (Fsp3) is 0.154. The van der Waals surface area contributed by atoms with Crippen molar-refractivity contribution < 1.29 is 9.72 Å². The first kappa shape index (κ1) is 12.0. The topological polar surface area (TPSA) is 63.5 Å². The Balaban J connectivity index is 2.19. The lowest BCUT2D eigenvalue weighted by Crippen LogP contribution is -2.24. The van der Waals surface area contributed by atoms with Gasteiger partial charge in [-0.15, -0.1) is 0 Å². The minimum Gasteiger partial charge on any atom is -0.337 e. The summed E-state index contributed by atoms with van der Waals surface area (Å²) in [4.78, 5) is 23.2. The summed E-state index contributed by atoms with van der Waals surface area (Å²) in [6.45, 7) is 1.73. The van der Waals surface area contributed by atoms with Crippen molar-refractivity contribution in [1.82, 2.24) is 0 Å². The Morgan fingerprint density at radius 3 is 2.56 bits per heavy atom. The number of hydrogen-bond donors (Lipinski definition) is 0. The summed E-state index contributed by atoms with van der Waals surface area (Å²) in [5.41, 5.74) is 1.60. The zero-order chi connectivity index (χ0) is 13.1. The normalized spacial score (nSPS) is 14.3. The summed E-state index contributed by atoms with van der Waals surface area (Å²) in [5, 5.41) is 10.7. The highest BCUT2D eigenvalue weighted by Gasteiger charge is 2.17. The number of nitro groups is 1. The van der Waals surface area contributed by atoms with E-state index < -0.39 is 0 Å². The van der Waals surface area contributed by atoms with Crippen LogP contribution in [0.15, 0.2) is 48.3 Å². The predicted molar refractivity (Wildman–Crippen MR) is 68.0 cm³/mol. The molecule has 92 valence electrons. The van der Waals surface area contributed by atoms with Crippen molar-refractivity contribution in [2.45, 2.75) is 6.92 Å². The first-order valence-electron chi connectivity index (χ1n) is 5.47. The molecule has 1 heterocycles. The van der Waals surface area contributed by atoms with Gasteiger partial charge in [0.05, 0.1) is 4.92 Å². The third kappa shape index (κ3) is 2.45. The second-order valence-electron chi connectivity index (χ2n) is 3.99. The van der Waals surface area contributed by atoms with Gasteiger partial charge in [0.25, 0.3) is 5.70 Å². The van der Waals surface area contributed by atoms with Crippen molar-refractivity contribution in [3.63, 3.8) is 0 Å². The lowest BCUT2D eigenvalue weighted by molar-refractivity contribution is -0.425. The van der Waals surface area contributed by atoms with E-state index in [4.69, 9.17) is 0 Å². The Kier molecular flexibility index (Phi) is 3.23. The molecule has 0 fully saturated rings. The number of Topliss-reactive ketones (excluding diaryl/α,β-unsaturated/α-hetero) is 1. The van der Waals surface area contributed by atoms with Gasteiger partial charge in [0.1, 0.15) is 6.54 Å². The zero-order valence-corrected chi connectivity index (χ0v) is 9.87. The van der Waals surface area contributed by atoms with Crippen molar-refractivity contribution in [3.8, 4) is 0 Å². The number of carbonyl (C=O) groups excluding carboxylic acids is 1. The molecule has 0 aromatic heterocycles. The van der Waals surface area contributed by atoms with Gasteiger partial charge in [-0.3, -0.25) is 14.9 Å². The molecule has 0 atom stereocenters. The maximum atomic E-state index is 11.1. The molecule has 0 saturated carbocycles. The van der Waals surface area contributed by atoms with E-state index in [2.05, 4.69) is 0 Å². The van der Waals surface area contributed by atoms with Crippen LogP contribution in [0.1, 0.15) is 17.3 Å². The van der Waals surface area contributed by atoms with Gasteiger partial charge in [-0.05, 0) is 37.3 Å². The molecule has 1 aliphatic rings. The van der Waals surface area contributed by atoms with Crippen LogP contribution in [0, 0.1) is 10.1 Å². The van der Waals surface area contributed by atoms with Crippen LogP contribution in [0.25, 0.3) is 0 Å². The molecule has 1 aromatic carbocycles. The smallest absolute Gasteiger partial charge is 0.265 e. The van der Waals surface area contributed by atoms with Gasteiger partial charge in [0.15, 0.2) is 5.78 Å². The van der Waals surface area contributed by atoms with Gasteiger partial charge in [-0.1, -0.05) is 0 Å². The molecular formula is C13H12N2O3. The highest BCUT2D eigenvalue weighted by atomic mass is 16.6. The van der Waals surface area contributed by atoms with Crippen LogP contribution in [0.3, 0.4) is 0 Å². The van der Waals surface area contributed by atoms with E-state index in [1.54, 1.807) is 41.4 Å². The molecule has 1 aliphatic heterocycles. The van der Waals surface area contributed by atoms with Gasteiger partial charge in [-0.25, -0.2) is 0 Å². The molecule has 0 amide bonds. The van der Waals surface area contributed by atoms with Crippen LogP contribution >= 0.6 is 0 Å². The Hall–Kier alpha value is -2.43. The molecule has 2 rings (SSSR count). The van der Waals surface area contributed by atoms with Crippen molar-refractivity contribution >= 4 is 11.5 Å².